The van der Waals surface area contributed by atoms with Crippen LogP contribution in [0.3, 0.4) is 0 Å². The number of fused-ring (bicyclic) bond motifs is 7. The highest BCUT2D eigenvalue weighted by Gasteiger charge is 2.55. The van der Waals surface area contributed by atoms with Gasteiger partial charge in [0.1, 0.15) is 0 Å². The van der Waals surface area contributed by atoms with Crippen LogP contribution in [0.1, 0.15) is 77.0 Å². The van der Waals surface area contributed by atoms with Gasteiger partial charge in [0.05, 0.1) is 12.2 Å². The van der Waals surface area contributed by atoms with Gasteiger partial charge in [-0.15, -0.1) is 0 Å². The van der Waals surface area contributed by atoms with E-state index in [-0.39, 0.29) is 13.5 Å². The van der Waals surface area contributed by atoms with Crippen molar-refractivity contribution in [1.29, 1.82) is 0 Å². The van der Waals surface area contributed by atoms with Crippen molar-refractivity contribution in [1.82, 2.24) is 4.67 Å². The lowest BCUT2D eigenvalue weighted by Crippen LogP contribution is -2.51. The molecule has 4 aliphatic carbocycles. The van der Waals surface area contributed by atoms with Gasteiger partial charge in [-0.05, 0) is 88.1 Å². The average molecular weight is 414 g/mol. The summed E-state index contributed by atoms with van der Waals surface area (Å²) < 4.78 is 15.8. The highest BCUT2D eigenvalue weighted by atomic mass is 32.1. The van der Waals surface area contributed by atoms with Gasteiger partial charge in [-0.2, -0.15) is 13.5 Å². The molecule has 5 rings (SSSR count). The molecule has 8 unspecified atom stereocenters. The molecule has 0 spiro atoms. The molecular weight excluding hydrogens is 373 g/mol. The summed E-state index contributed by atoms with van der Waals surface area (Å²) in [4.78, 5) is 0. The normalized spacial score (nSPS) is 49.7. The van der Waals surface area contributed by atoms with Crippen LogP contribution < -0.4 is 0 Å². The Bertz CT molecular complexity index is 467. The fourth-order valence-electron chi connectivity index (χ4n) is 7.65. The zero-order valence-electron chi connectivity index (χ0n) is 17.3. The number of hydrogen-bond acceptors (Lipinski definition) is 3. The molecule has 0 radical (unpaired) electrons. The third kappa shape index (κ3) is 3.88. The van der Waals surface area contributed by atoms with E-state index in [9.17, 15) is 0 Å². The molecule has 0 amide bonds. The molecule has 1 heterocycles. The first-order chi connectivity index (χ1) is 12.7. The first-order valence-corrected chi connectivity index (χ1v) is 12.7. The Labute approximate surface area is 174 Å². The number of nitrogens with zero attached hydrogens (tertiary/aromatic N) is 1. The molecule has 5 heteroatoms. The molecule has 0 aromatic rings. The first-order valence-electron chi connectivity index (χ1n) is 11.5. The van der Waals surface area contributed by atoms with E-state index in [0.29, 0.717) is 12.2 Å². The molecule has 5 fully saturated rings. The van der Waals surface area contributed by atoms with Crippen LogP contribution in [0.25, 0.3) is 0 Å². The Morgan fingerprint density at radius 2 is 1.07 bits per heavy atom. The van der Waals surface area contributed by atoms with Crippen LogP contribution in [0.4, 0.5) is 0 Å². The molecule has 3 nitrogen and oxygen atoms in total. The average Bonchev–Trinajstić information content (AvgIpc) is 2.85. The van der Waals surface area contributed by atoms with Crippen molar-refractivity contribution in [2.75, 3.05) is 14.1 Å². The Hall–Kier alpha value is 0.660. The van der Waals surface area contributed by atoms with Crippen LogP contribution in [-0.4, -0.2) is 31.0 Å². The molecule has 0 aromatic heterocycles. The minimum Gasteiger partial charge on any atom is -0.318 e. The van der Waals surface area contributed by atoms with E-state index in [1.807, 2.05) is 0 Å². The fraction of sp³-hybridized carbons (Fsp3) is 1.00. The molecule has 27 heavy (non-hydrogen) atoms. The van der Waals surface area contributed by atoms with Gasteiger partial charge in [0.2, 0.25) is 0 Å². The van der Waals surface area contributed by atoms with Gasteiger partial charge in [-0.25, -0.2) is 4.67 Å². The largest absolute Gasteiger partial charge is 0.318 e. The summed E-state index contributed by atoms with van der Waals surface area (Å²) in [6.45, 7) is 0. The molecule has 8 atom stereocenters. The SMILES string of the molecule is CN(C)P1OC2CCC3CCCCC3C2C2C(CCC3CCCCC32)O1.S. The van der Waals surface area contributed by atoms with E-state index in [2.05, 4.69) is 18.8 Å². The van der Waals surface area contributed by atoms with Crippen LogP contribution in [0.5, 0.6) is 0 Å². The maximum absolute atomic E-state index is 6.77. The lowest BCUT2D eigenvalue weighted by molar-refractivity contribution is -0.0856. The maximum Gasteiger partial charge on any atom is 0.258 e. The lowest BCUT2D eigenvalue weighted by Gasteiger charge is -2.53. The molecule has 4 saturated carbocycles. The molecule has 0 N–H and O–H groups in total. The summed E-state index contributed by atoms with van der Waals surface area (Å²) in [7, 11) is 3.44. The van der Waals surface area contributed by atoms with Gasteiger partial charge in [-0.1, -0.05) is 38.5 Å². The Kier molecular flexibility index (Phi) is 6.82. The maximum atomic E-state index is 6.77. The highest BCUT2D eigenvalue weighted by Crippen LogP contribution is 2.61. The molecule has 5 aliphatic rings. The van der Waals surface area contributed by atoms with Crippen LogP contribution in [0.15, 0.2) is 0 Å². The molecule has 1 saturated heterocycles. The molecule has 1 aliphatic heterocycles. The van der Waals surface area contributed by atoms with Crippen molar-refractivity contribution in [3.05, 3.63) is 0 Å². The second-order valence-corrected chi connectivity index (χ2v) is 11.8. The van der Waals surface area contributed by atoms with Crippen molar-refractivity contribution in [3.8, 4) is 0 Å². The van der Waals surface area contributed by atoms with Gasteiger partial charge >= 0.3 is 0 Å². The van der Waals surface area contributed by atoms with Gasteiger partial charge in [-0.3, -0.25) is 0 Å². The van der Waals surface area contributed by atoms with E-state index in [4.69, 9.17) is 9.05 Å². The van der Waals surface area contributed by atoms with Gasteiger partial charge in [0, 0.05) is 0 Å². The smallest absolute Gasteiger partial charge is 0.258 e. The van der Waals surface area contributed by atoms with Crippen LogP contribution in [0.2, 0.25) is 0 Å². The van der Waals surface area contributed by atoms with Crippen molar-refractivity contribution in [2.24, 2.45) is 35.5 Å². The van der Waals surface area contributed by atoms with Crippen molar-refractivity contribution in [2.45, 2.75) is 89.3 Å². The van der Waals surface area contributed by atoms with Gasteiger partial charge in [0.25, 0.3) is 8.53 Å². The van der Waals surface area contributed by atoms with Crippen LogP contribution in [0, 0.1) is 35.5 Å². The summed E-state index contributed by atoms with van der Waals surface area (Å²) in [5.74, 6) is 5.41. The molecular formula is C22H40NO2PS. The third-order valence-electron chi connectivity index (χ3n) is 8.65. The van der Waals surface area contributed by atoms with E-state index < -0.39 is 8.53 Å². The first kappa shape index (κ1) is 20.9. The lowest BCUT2D eigenvalue weighted by atomic mass is 9.53. The number of rotatable bonds is 1. The molecule has 156 valence electrons. The fourth-order valence-corrected chi connectivity index (χ4v) is 9.04. The summed E-state index contributed by atoms with van der Waals surface area (Å²) in [5, 5.41) is 0. The Balaban J connectivity index is 0.00000180. The zero-order valence-corrected chi connectivity index (χ0v) is 19.2. The van der Waals surface area contributed by atoms with E-state index in [1.165, 1.54) is 77.0 Å². The summed E-state index contributed by atoms with van der Waals surface area (Å²) >= 11 is 0. The highest BCUT2D eigenvalue weighted by molar-refractivity contribution is 7.59. The third-order valence-corrected chi connectivity index (χ3v) is 10.2. The van der Waals surface area contributed by atoms with Gasteiger partial charge < -0.3 is 9.05 Å². The quantitative estimate of drug-likeness (QED) is 0.485. The Morgan fingerprint density at radius 3 is 1.52 bits per heavy atom. The minimum atomic E-state index is -0.860. The molecule has 0 bridgehead atoms. The van der Waals surface area contributed by atoms with Crippen molar-refractivity contribution >= 4 is 22.0 Å². The predicted molar refractivity (Wildman–Crippen MR) is 117 cm³/mol. The topological polar surface area (TPSA) is 21.7 Å². The van der Waals surface area contributed by atoms with E-state index in [0.717, 1.165) is 35.5 Å². The monoisotopic (exact) mass is 413 g/mol. The summed E-state index contributed by atoms with van der Waals surface area (Å²) in [6.07, 6.45) is 18.1. The summed E-state index contributed by atoms with van der Waals surface area (Å²) in [5.41, 5.74) is 0. The second-order valence-electron chi connectivity index (χ2n) is 10.1. The van der Waals surface area contributed by atoms with E-state index in [1.54, 1.807) is 0 Å². The van der Waals surface area contributed by atoms with Crippen molar-refractivity contribution in [3.63, 3.8) is 0 Å². The predicted octanol–water partition coefficient (Wildman–Crippen LogP) is 6.10. The van der Waals surface area contributed by atoms with E-state index >= 15 is 0 Å². The van der Waals surface area contributed by atoms with Crippen LogP contribution >= 0.6 is 22.0 Å². The second kappa shape index (κ2) is 8.80. The van der Waals surface area contributed by atoms with Gasteiger partial charge in [0.15, 0.2) is 0 Å². The van der Waals surface area contributed by atoms with Crippen LogP contribution in [-0.2, 0) is 9.05 Å². The Morgan fingerprint density at radius 1 is 0.630 bits per heavy atom. The summed E-state index contributed by atoms with van der Waals surface area (Å²) in [6, 6.07) is 0. The number of hydrogen-bond donors (Lipinski definition) is 0. The standard InChI is InChI=1S/C22H38NO2P.H2S/c1-23(2)26-24-19-13-11-15-7-3-5-9-17(15)21(19)22-18-10-6-4-8-16(18)12-14-20(22)25-26;/h15-22H,3-14H2,1-2H3;1H2. The molecule has 0 aromatic carbocycles. The minimum absolute atomic E-state index is 0. The zero-order chi connectivity index (χ0) is 17.7. The van der Waals surface area contributed by atoms with Crippen molar-refractivity contribution < 1.29 is 9.05 Å².